The van der Waals surface area contributed by atoms with Gasteiger partial charge in [0.15, 0.2) is 11.6 Å². The number of hydrogen-bond acceptors (Lipinski definition) is 2. The lowest BCUT2D eigenvalue weighted by Gasteiger charge is -2.33. The van der Waals surface area contributed by atoms with E-state index < -0.39 is 23.5 Å². The van der Waals surface area contributed by atoms with Gasteiger partial charge in [-0.1, -0.05) is 36.4 Å². The highest BCUT2D eigenvalue weighted by Crippen LogP contribution is 2.29. The van der Waals surface area contributed by atoms with Crippen molar-refractivity contribution in [3.63, 3.8) is 0 Å². The summed E-state index contributed by atoms with van der Waals surface area (Å²) in [4.78, 5) is 25.5. The summed E-state index contributed by atoms with van der Waals surface area (Å²) in [5, 5.41) is 9.43. The SMILES string of the molecule is O=C(O)C1CN(C(=O)CCc2cccc(F)c2F)Cc2ccccc21. The number of nitrogens with zero attached hydrogens (tertiary/aromatic N) is 1. The van der Waals surface area contributed by atoms with Crippen molar-refractivity contribution in [1.29, 1.82) is 0 Å². The van der Waals surface area contributed by atoms with E-state index in [0.29, 0.717) is 6.54 Å². The molecule has 0 saturated carbocycles. The van der Waals surface area contributed by atoms with Crippen molar-refractivity contribution in [1.82, 2.24) is 4.90 Å². The lowest BCUT2D eigenvalue weighted by atomic mass is 9.89. The van der Waals surface area contributed by atoms with Crippen LogP contribution in [-0.2, 0) is 22.6 Å². The van der Waals surface area contributed by atoms with Gasteiger partial charge in [-0.2, -0.15) is 0 Å². The van der Waals surface area contributed by atoms with E-state index in [1.54, 1.807) is 24.3 Å². The summed E-state index contributed by atoms with van der Waals surface area (Å²) in [7, 11) is 0. The fourth-order valence-corrected chi connectivity index (χ4v) is 3.15. The first-order valence-electron chi connectivity index (χ1n) is 7.98. The maximum Gasteiger partial charge on any atom is 0.312 e. The Morgan fingerprint density at radius 2 is 1.88 bits per heavy atom. The van der Waals surface area contributed by atoms with Gasteiger partial charge in [-0.15, -0.1) is 0 Å². The van der Waals surface area contributed by atoms with Gasteiger partial charge < -0.3 is 10.0 Å². The van der Waals surface area contributed by atoms with Gasteiger partial charge in [0, 0.05) is 19.5 Å². The molecule has 0 radical (unpaired) electrons. The van der Waals surface area contributed by atoms with Crippen LogP contribution in [0, 0.1) is 11.6 Å². The highest BCUT2D eigenvalue weighted by molar-refractivity contribution is 5.81. The van der Waals surface area contributed by atoms with Crippen LogP contribution in [-0.4, -0.2) is 28.4 Å². The number of hydrogen-bond donors (Lipinski definition) is 1. The Morgan fingerprint density at radius 3 is 2.64 bits per heavy atom. The average Bonchev–Trinajstić information content (AvgIpc) is 2.61. The maximum absolute atomic E-state index is 13.7. The first kappa shape index (κ1) is 17.1. The Balaban J connectivity index is 1.73. The number of carboxylic acid groups (broad SMARTS) is 1. The molecule has 2 aromatic carbocycles. The highest BCUT2D eigenvalue weighted by atomic mass is 19.2. The first-order chi connectivity index (χ1) is 12.0. The molecule has 25 heavy (non-hydrogen) atoms. The van der Waals surface area contributed by atoms with Crippen LogP contribution in [0.25, 0.3) is 0 Å². The van der Waals surface area contributed by atoms with Crippen LogP contribution in [0.5, 0.6) is 0 Å². The normalized spacial score (nSPS) is 16.4. The molecular weight excluding hydrogens is 328 g/mol. The van der Waals surface area contributed by atoms with Crippen molar-refractivity contribution < 1.29 is 23.5 Å². The molecule has 3 rings (SSSR count). The summed E-state index contributed by atoms with van der Waals surface area (Å²) in [5.74, 6) is -3.92. The number of carbonyl (C=O) groups excluding carboxylic acids is 1. The third kappa shape index (κ3) is 3.52. The molecule has 0 spiro atoms. The van der Waals surface area contributed by atoms with Gasteiger partial charge in [-0.3, -0.25) is 9.59 Å². The van der Waals surface area contributed by atoms with Crippen LogP contribution in [0.1, 0.15) is 29.0 Å². The van der Waals surface area contributed by atoms with Crippen LogP contribution >= 0.6 is 0 Å². The van der Waals surface area contributed by atoms with Crippen molar-refractivity contribution >= 4 is 11.9 Å². The fourth-order valence-electron chi connectivity index (χ4n) is 3.15. The average molecular weight is 345 g/mol. The summed E-state index contributed by atoms with van der Waals surface area (Å²) in [6.07, 6.45) is 0.0627. The predicted octanol–water partition coefficient (Wildman–Crippen LogP) is 3.11. The second kappa shape index (κ2) is 7.01. The lowest BCUT2D eigenvalue weighted by molar-refractivity contribution is -0.141. The van der Waals surface area contributed by atoms with Gasteiger partial charge >= 0.3 is 5.97 Å². The van der Waals surface area contributed by atoms with Crippen molar-refractivity contribution in [3.8, 4) is 0 Å². The predicted molar refractivity (Wildman–Crippen MR) is 86.9 cm³/mol. The second-order valence-corrected chi connectivity index (χ2v) is 6.08. The minimum Gasteiger partial charge on any atom is -0.481 e. The number of rotatable bonds is 4. The molecule has 1 heterocycles. The Hall–Kier alpha value is -2.76. The number of amides is 1. The second-order valence-electron chi connectivity index (χ2n) is 6.08. The molecule has 1 amide bonds. The molecule has 130 valence electrons. The van der Waals surface area contributed by atoms with Gasteiger partial charge in [-0.05, 0) is 29.2 Å². The van der Waals surface area contributed by atoms with Gasteiger partial charge in [0.1, 0.15) is 0 Å². The minimum atomic E-state index is -0.985. The first-order valence-corrected chi connectivity index (χ1v) is 7.98. The molecule has 1 aliphatic rings. The molecule has 0 saturated heterocycles. The van der Waals surface area contributed by atoms with E-state index >= 15 is 0 Å². The molecule has 1 unspecified atom stereocenters. The summed E-state index contributed by atoms with van der Waals surface area (Å²) >= 11 is 0. The Morgan fingerprint density at radius 1 is 1.12 bits per heavy atom. The number of benzene rings is 2. The lowest BCUT2D eigenvalue weighted by Crippen LogP contribution is -2.40. The number of carbonyl (C=O) groups is 2. The molecule has 1 N–H and O–H groups in total. The fraction of sp³-hybridized carbons (Fsp3) is 0.263. The number of aliphatic carboxylic acids is 1. The quantitative estimate of drug-likeness (QED) is 0.926. The highest BCUT2D eigenvalue weighted by Gasteiger charge is 2.32. The molecular formula is C19H17F2NO3. The Kier molecular flexibility index (Phi) is 4.79. The van der Waals surface area contributed by atoms with Crippen LogP contribution in [0.2, 0.25) is 0 Å². The van der Waals surface area contributed by atoms with Crippen LogP contribution in [0.4, 0.5) is 8.78 Å². The Labute approximate surface area is 143 Å². The Bertz CT molecular complexity index is 822. The smallest absolute Gasteiger partial charge is 0.312 e. The summed E-state index contributed by atoms with van der Waals surface area (Å²) in [6.45, 7) is 0.404. The van der Waals surface area contributed by atoms with E-state index in [1.165, 1.54) is 17.0 Å². The number of aryl methyl sites for hydroxylation is 1. The van der Waals surface area contributed by atoms with Gasteiger partial charge in [-0.25, -0.2) is 8.78 Å². The van der Waals surface area contributed by atoms with Crippen molar-refractivity contribution in [3.05, 3.63) is 70.8 Å². The van der Waals surface area contributed by atoms with Crippen LogP contribution < -0.4 is 0 Å². The van der Waals surface area contributed by atoms with E-state index in [1.807, 2.05) is 0 Å². The van der Waals surface area contributed by atoms with Crippen molar-refractivity contribution in [2.75, 3.05) is 6.54 Å². The maximum atomic E-state index is 13.7. The van der Waals surface area contributed by atoms with Crippen molar-refractivity contribution in [2.24, 2.45) is 0 Å². The molecule has 1 atom stereocenters. The van der Waals surface area contributed by atoms with E-state index in [2.05, 4.69) is 0 Å². The molecule has 6 heteroatoms. The standard InChI is InChI=1S/C19H17F2NO3/c20-16-7-3-5-12(18(16)21)8-9-17(23)22-10-13-4-1-2-6-14(13)15(11-22)19(24)25/h1-7,15H,8-11H2,(H,24,25). The molecule has 0 fully saturated rings. The molecule has 0 aromatic heterocycles. The van der Waals surface area contributed by atoms with Gasteiger partial charge in [0.25, 0.3) is 0 Å². The van der Waals surface area contributed by atoms with Crippen molar-refractivity contribution in [2.45, 2.75) is 25.3 Å². The van der Waals surface area contributed by atoms with Gasteiger partial charge in [0.2, 0.25) is 5.91 Å². The summed E-state index contributed by atoms with van der Waals surface area (Å²) < 4.78 is 26.9. The zero-order valence-corrected chi connectivity index (χ0v) is 13.4. The molecule has 1 aliphatic heterocycles. The minimum absolute atomic E-state index is 0.00508. The summed E-state index contributed by atoms with van der Waals surface area (Å²) in [6, 6.07) is 11.0. The summed E-state index contributed by atoms with van der Waals surface area (Å²) in [5.41, 5.74) is 1.65. The topological polar surface area (TPSA) is 57.6 Å². The van der Waals surface area contributed by atoms with Gasteiger partial charge in [0.05, 0.1) is 5.92 Å². The van der Waals surface area contributed by atoms with E-state index in [0.717, 1.165) is 17.2 Å². The molecule has 0 bridgehead atoms. The number of fused-ring (bicyclic) bond motifs is 1. The molecule has 0 aliphatic carbocycles. The molecule has 4 nitrogen and oxygen atoms in total. The number of halogens is 2. The van der Waals surface area contributed by atoms with E-state index in [9.17, 15) is 23.5 Å². The molecule has 2 aromatic rings. The third-order valence-corrected chi connectivity index (χ3v) is 4.49. The third-order valence-electron chi connectivity index (χ3n) is 4.49. The van der Waals surface area contributed by atoms with Crippen LogP contribution in [0.15, 0.2) is 42.5 Å². The van der Waals surface area contributed by atoms with E-state index in [-0.39, 0.29) is 30.9 Å². The van der Waals surface area contributed by atoms with E-state index in [4.69, 9.17) is 0 Å². The van der Waals surface area contributed by atoms with Crippen LogP contribution in [0.3, 0.4) is 0 Å². The zero-order valence-electron chi connectivity index (χ0n) is 13.4. The monoisotopic (exact) mass is 345 g/mol. The zero-order chi connectivity index (χ0) is 18.0. The number of carboxylic acids is 1. The largest absolute Gasteiger partial charge is 0.481 e.